The Morgan fingerprint density at radius 3 is 2.63 bits per heavy atom. The van der Waals surface area contributed by atoms with Gasteiger partial charge in [-0.3, -0.25) is 9.59 Å². The second-order valence-corrected chi connectivity index (χ2v) is 9.02. The monoisotopic (exact) mass is 401 g/mol. The van der Waals surface area contributed by atoms with E-state index in [-0.39, 0.29) is 10.5 Å². The number of nitrogens with one attached hydrogen (secondary N) is 1. The Kier molecular flexibility index (Phi) is 4.01. The third kappa shape index (κ3) is 2.70. The summed E-state index contributed by atoms with van der Waals surface area (Å²) < 4.78 is 26.9. The number of aryl methyl sites for hydroxylation is 1. The number of rotatable bonds is 3. The van der Waals surface area contributed by atoms with E-state index < -0.39 is 27.9 Å². The number of nitrogens with zero attached hydrogens (tertiary/aromatic N) is 2. The Morgan fingerprint density at radius 2 is 1.93 bits per heavy atom. The zero-order valence-electron chi connectivity index (χ0n) is 14.5. The molecule has 1 aliphatic heterocycles. The molecular weight excluding hydrogens is 386 g/mol. The van der Waals surface area contributed by atoms with Gasteiger partial charge in [-0.25, -0.2) is 17.7 Å². The Bertz CT molecular complexity index is 1200. The summed E-state index contributed by atoms with van der Waals surface area (Å²) in [5.41, 5.74) is 1.83. The van der Waals surface area contributed by atoms with E-state index in [4.69, 9.17) is 0 Å². The highest BCUT2D eigenvalue weighted by molar-refractivity contribution is 7.90. The van der Waals surface area contributed by atoms with Gasteiger partial charge in [-0.15, -0.1) is 0 Å². The molecule has 0 radical (unpaired) electrons. The zero-order chi connectivity index (χ0) is 19.3. The normalized spacial score (nSPS) is 16.4. The van der Waals surface area contributed by atoms with E-state index in [2.05, 4.69) is 10.3 Å². The fourth-order valence-electron chi connectivity index (χ4n) is 3.04. The second-order valence-electron chi connectivity index (χ2n) is 6.21. The van der Waals surface area contributed by atoms with E-state index in [1.165, 1.54) is 30.4 Å². The van der Waals surface area contributed by atoms with E-state index in [1.54, 1.807) is 12.1 Å². The lowest BCUT2D eigenvalue weighted by Gasteiger charge is -2.21. The number of para-hydroxylation sites is 1. The van der Waals surface area contributed by atoms with Crippen molar-refractivity contribution < 1.29 is 18.0 Å². The van der Waals surface area contributed by atoms with Crippen LogP contribution in [0, 0.1) is 6.92 Å². The summed E-state index contributed by atoms with van der Waals surface area (Å²) >= 11 is 1.29. The smallest absolute Gasteiger partial charge is 0.269 e. The highest BCUT2D eigenvalue weighted by Gasteiger charge is 2.45. The number of carbonyl (C=O) groups excluding carboxylic acids is 2. The van der Waals surface area contributed by atoms with E-state index in [0.29, 0.717) is 9.44 Å². The first-order chi connectivity index (χ1) is 12.8. The number of thiazole rings is 1. The number of amides is 2. The van der Waals surface area contributed by atoms with Crippen molar-refractivity contribution >= 4 is 48.5 Å². The lowest BCUT2D eigenvalue weighted by Crippen LogP contribution is -2.45. The van der Waals surface area contributed by atoms with Crippen LogP contribution in [0.25, 0.3) is 10.2 Å². The molecule has 7 nitrogen and oxygen atoms in total. The van der Waals surface area contributed by atoms with Crippen LogP contribution in [-0.2, 0) is 14.8 Å². The molecule has 0 saturated carbocycles. The van der Waals surface area contributed by atoms with Gasteiger partial charge in [0.15, 0.2) is 5.13 Å². The molecule has 0 fully saturated rings. The van der Waals surface area contributed by atoms with Crippen molar-refractivity contribution in [3.05, 3.63) is 53.6 Å². The molecule has 0 saturated heterocycles. The second kappa shape index (κ2) is 6.14. The van der Waals surface area contributed by atoms with Crippen LogP contribution in [0.4, 0.5) is 5.13 Å². The summed E-state index contributed by atoms with van der Waals surface area (Å²) in [6.45, 7) is 3.30. The third-order valence-corrected chi connectivity index (χ3v) is 7.28. The molecule has 2 heterocycles. The van der Waals surface area contributed by atoms with Crippen LogP contribution in [0.3, 0.4) is 0 Å². The molecule has 0 spiro atoms. The number of anilines is 1. The van der Waals surface area contributed by atoms with Crippen molar-refractivity contribution in [2.75, 3.05) is 5.32 Å². The first kappa shape index (κ1) is 17.6. The number of hydrogen-bond donors (Lipinski definition) is 1. The van der Waals surface area contributed by atoms with Crippen LogP contribution in [0.15, 0.2) is 47.4 Å². The van der Waals surface area contributed by atoms with Gasteiger partial charge >= 0.3 is 0 Å². The SMILES string of the molecule is Cc1cccc2sc(NC(=O)[C@H](C)N3C(=O)c4ccccc4S3(=O)=O)nc12. The van der Waals surface area contributed by atoms with Crippen molar-refractivity contribution in [2.24, 2.45) is 0 Å². The third-order valence-electron chi connectivity index (χ3n) is 4.44. The van der Waals surface area contributed by atoms with Gasteiger partial charge in [-0.05, 0) is 37.6 Å². The Labute approximate surface area is 159 Å². The maximum absolute atomic E-state index is 12.7. The molecule has 0 unspecified atom stereocenters. The maximum Gasteiger partial charge on any atom is 0.269 e. The van der Waals surface area contributed by atoms with Crippen molar-refractivity contribution in [3.63, 3.8) is 0 Å². The molecular formula is C18H15N3O4S2. The van der Waals surface area contributed by atoms with Crippen molar-refractivity contribution in [2.45, 2.75) is 24.8 Å². The Morgan fingerprint density at radius 1 is 1.19 bits per heavy atom. The number of carbonyl (C=O) groups is 2. The highest BCUT2D eigenvalue weighted by Crippen LogP contribution is 2.32. The van der Waals surface area contributed by atoms with Gasteiger partial charge in [-0.1, -0.05) is 35.6 Å². The number of benzene rings is 2. The van der Waals surface area contributed by atoms with Crippen LogP contribution in [0.5, 0.6) is 0 Å². The first-order valence-electron chi connectivity index (χ1n) is 8.15. The van der Waals surface area contributed by atoms with Gasteiger partial charge in [0.25, 0.3) is 15.9 Å². The molecule has 2 aromatic carbocycles. The largest absolute Gasteiger partial charge is 0.300 e. The van der Waals surface area contributed by atoms with Crippen LogP contribution in [0.1, 0.15) is 22.8 Å². The molecule has 138 valence electrons. The molecule has 0 aliphatic carbocycles. The minimum Gasteiger partial charge on any atom is -0.300 e. The Hall–Kier alpha value is -2.78. The maximum atomic E-state index is 12.7. The van der Waals surface area contributed by atoms with E-state index in [1.807, 2.05) is 25.1 Å². The lowest BCUT2D eigenvalue weighted by atomic mass is 10.2. The molecule has 1 aromatic heterocycles. The molecule has 9 heteroatoms. The van der Waals surface area contributed by atoms with E-state index >= 15 is 0 Å². The standard InChI is InChI=1S/C18H15N3O4S2/c1-10-6-5-8-13-15(10)19-18(26-13)20-16(22)11(2)21-17(23)12-7-3-4-9-14(12)27(21,24)25/h3-9,11H,1-2H3,(H,19,20,22)/t11-/m0/s1. The van der Waals surface area contributed by atoms with Crippen molar-refractivity contribution in [1.82, 2.24) is 9.29 Å². The van der Waals surface area contributed by atoms with E-state index in [0.717, 1.165) is 15.8 Å². The van der Waals surface area contributed by atoms with Gasteiger partial charge in [0.1, 0.15) is 10.9 Å². The predicted molar refractivity (Wildman–Crippen MR) is 102 cm³/mol. The predicted octanol–water partition coefficient (Wildman–Crippen LogP) is 2.78. The molecule has 1 aliphatic rings. The number of aromatic nitrogens is 1. The molecule has 3 aromatic rings. The van der Waals surface area contributed by atoms with E-state index in [9.17, 15) is 18.0 Å². The van der Waals surface area contributed by atoms with Gasteiger partial charge in [0.2, 0.25) is 5.91 Å². The lowest BCUT2D eigenvalue weighted by molar-refractivity contribution is -0.118. The summed E-state index contributed by atoms with van der Waals surface area (Å²) in [7, 11) is -4.06. The average molecular weight is 401 g/mol. The average Bonchev–Trinajstić information content (AvgIpc) is 3.13. The Balaban J connectivity index is 1.63. The van der Waals surface area contributed by atoms with Gasteiger partial charge in [0, 0.05) is 0 Å². The van der Waals surface area contributed by atoms with Gasteiger partial charge < -0.3 is 5.32 Å². The van der Waals surface area contributed by atoms with Crippen LogP contribution in [-0.4, -0.2) is 35.6 Å². The van der Waals surface area contributed by atoms with Crippen LogP contribution < -0.4 is 5.32 Å². The molecule has 27 heavy (non-hydrogen) atoms. The quantitative estimate of drug-likeness (QED) is 0.728. The number of sulfonamides is 1. The highest BCUT2D eigenvalue weighted by atomic mass is 32.2. The molecule has 2 amide bonds. The summed E-state index contributed by atoms with van der Waals surface area (Å²) in [6, 6.07) is 10.4. The summed E-state index contributed by atoms with van der Waals surface area (Å²) in [5, 5.41) is 2.99. The molecule has 4 rings (SSSR count). The fourth-order valence-corrected chi connectivity index (χ4v) is 5.71. The van der Waals surface area contributed by atoms with Gasteiger partial charge in [0.05, 0.1) is 15.8 Å². The van der Waals surface area contributed by atoms with Crippen molar-refractivity contribution in [1.29, 1.82) is 0 Å². The number of fused-ring (bicyclic) bond motifs is 2. The summed E-state index contributed by atoms with van der Waals surface area (Å²) in [5.74, 6) is -1.31. The van der Waals surface area contributed by atoms with Gasteiger partial charge in [-0.2, -0.15) is 0 Å². The fraction of sp³-hybridized carbons (Fsp3) is 0.167. The molecule has 0 bridgehead atoms. The van der Waals surface area contributed by atoms with Crippen LogP contribution >= 0.6 is 11.3 Å². The van der Waals surface area contributed by atoms with Crippen LogP contribution in [0.2, 0.25) is 0 Å². The zero-order valence-corrected chi connectivity index (χ0v) is 16.1. The minimum absolute atomic E-state index is 0.0766. The summed E-state index contributed by atoms with van der Waals surface area (Å²) in [6.07, 6.45) is 0. The minimum atomic E-state index is -4.06. The summed E-state index contributed by atoms with van der Waals surface area (Å²) in [4.78, 5) is 29.5. The molecule has 1 N–H and O–H groups in total. The van der Waals surface area contributed by atoms with Crippen molar-refractivity contribution in [3.8, 4) is 0 Å². The first-order valence-corrected chi connectivity index (χ1v) is 10.4. The topological polar surface area (TPSA) is 96.4 Å². The molecule has 1 atom stereocenters. The number of hydrogen-bond acceptors (Lipinski definition) is 6.